The zero-order valence-electron chi connectivity index (χ0n) is 15.8. The molecule has 3 heterocycles. The van der Waals surface area contributed by atoms with Gasteiger partial charge in [0.05, 0.1) is 23.7 Å². The quantitative estimate of drug-likeness (QED) is 0.553. The van der Waals surface area contributed by atoms with Gasteiger partial charge < -0.3 is 20.3 Å². The van der Waals surface area contributed by atoms with Crippen molar-refractivity contribution in [3.8, 4) is 22.6 Å². The minimum atomic E-state index is 0.168. The summed E-state index contributed by atoms with van der Waals surface area (Å²) in [5.74, 6) is 0.954. The number of aliphatic hydroxyl groups excluding tert-OH is 1. The van der Waals surface area contributed by atoms with Gasteiger partial charge in [0.1, 0.15) is 5.52 Å². The highest BCUT2D eigenvalue weighted by atomic mass is 16.5. The van der Waals surface area contributed by atoms with E-state index in [4.69, 9.17) is 10.3 Å². The van der Waals surface area contributed by atoms with Crippen LogP contribution < -0.4 is 10.6 Å². The monoisotopic (exact) mass is 387 g/mol. The van der Waals surface area contributed by atoms with Crippen molar-refractivity contribution in [2.75, 3.05) is 23.8 Å². The van der Waals surface area contributed by atoms with Gasteiger partial charge >= 0.3 is 0 Å². The molecule has 2 aromatic carbocycles. The Morgan fingerprint density at radius 3 is 2.93 bits per heavy atom. The molecule has 3 N–H and O–H groups in total. The lowest BCUT2D eigenvalue weighted by Gasteiger charge is -2.25. The highest BCUT2D eigenvalue weighted by molar-refractivity contribution is 5.94. The molecular weight excluding hydrogens is 366 g/mol. The average molecular weight is 387 g/mol. The molecular formula is C22H21N5O2. The number of anilines is 2. The summed E-state index contributed by atoms with van der Waals surface area (Å²) < 4.78 is 5.71. The van der Waals surface area contributed by atoms with Crippen LogP contribution in [0.4, 0.5) is 11.6 Å². The van der Waals surface area contributed by atoms with Crippen molar-refractivity contribution in [1.29, 1.82) is 0 Å². The minimum Gasteiger partial charge on any atom is -0.394 e. The minimum absolute atomic E-state index is 0.168. The number of aromatic nitrogens is 3. The molecule has 29 heavy (non-hydrogen) atoms. The van der Waals surface area contributed by atoms with Crippen molar-refractivity contribution < 1.29 is 9.63 Å². The largest absolute Gasteiger partial charge is 0.394 e. The number of nitrogen functional groups attached to an aromatic ring is 1. The molecule has 1 aliphatic rings. The summed E-state index contributed by atoms with van der Waals surface area (Å²) >= 11 is 0. The van der Waals surface area contributed by atoms with Crippen LogP contribution in [0.15, 0.2) is 59.3 Å². The molecule has 146 valence electrons. The van der Waals surface area contributed by atoms with Crippen LogP contribution in [0.3, 0.4) is 0 Å². The molecule has 1 fully saturated rings. The van der Waals surface area contributed by atoms with Crippen LogP contribution in [0.5, 0.6) is 0 Å². The smallest absolute Gasteiger partial charge is 0.220 e. The van der Waals surface area contributed by atoms with Crippen molar-refractivity contribution >= 4 is 22.5 Å². The van der Waals surface area contributed by atoms with Gasteiger partial charge in [0.2, 0.25) is 5.95 Å². The second-order valence-corrected chi connectivity index (χ2v) is 7.27. The third-order valence-corrected chi connectivity index (χ3v) is 5.47. The Bertz CT molecular complexity index is 1170. The average Bonchev–Trinajstić information content (AvgIpc) is 3.40. The van der Waals surface area contributed by atoms with Crippen molar-refractivity contribution in [2.24, 2.45) is 0 Å². The first-order valence-corrected chi connectivity index (χ1v) is 9.69. The van der Waals surface area contributed by atoms with Gasteiger partial charge in [0.25, 0.3) is 0 Å². The van der Waals surface area contributed by atoms with Gasteiger partial charge in [-0.3, -0.25) is 0 Å². The van der Waals surface area contributed by atoms with E-state index in [1.165, 1.54) is 0 Å². The molecule has 0 saturated carbocycles. The summed E-state index contributed by atoms with van der Waals surface area (Å²) in [5, 5.41) is 14.8. The highest BCUT2D eigenvalue weighted by Crippen LogP contribution is 2.34. The lowest BCUT2D eigenvalue weighted by molar-refractivity contribution is 0.266. The molecule has 1 unspecified atom stereocenters. The number of hydrogen-bond donors (Lipinski definition) is 2. The molecule has 5 rings (SSSR count). The van der Waals surface area contributed by atoms with Gasteiger partial charge in [0, 0.05) is 29.6 Å². The van der Waals surface area contributed by atoms with Crippen LogP contribution in [-0.2, 0) is 0 Å². The third kappa shape index (κ3) is 3.19. The molecule has 0 spiro atoms. The molecule has 0 bridgehead atoms. The topological polar surface area (TPSA) is 101 Å². The van der Waals surface area contributed by atoms with E-state index >= 15 is 0 Å². The van der Waals surface area contributed by atoms with Crippen LogP contribution in [0.2, 0.25) is 0 Å². The van der Waals surface area contributed by atoms with Gasteiger partial charge in [-0.2, -0.15) is 0 Å². The standard InChI is InChI=1S/C22H21N5O2/c23-22-24-9-8-19(25-22)14-6-7-20-18(12-14)21(29-26-20)15-3-1-4-16(11-15)27-10-2-5-17(27)13-28/h1,3-4,6-9,11-12,17,28H,2,5,10,13H2,(H2,23,24,25). The zero-order valence-corrected chi connectivity index (χ0v) is 15.8. The molecule has 4 aromatic rings. The molecule has 7 heteroatoms. The maximum Gasteiger partial charge on any atom is 0.220 e. The van der Waals surface area contributed by atoms with Crippen LogP contribution in [-0.4, -0.2) is 39.4 Å². The Labute approximate surface area is 167 Å². The predicted molar refractivity (Wildman–Crippen MR) is 112 cm³/mol. The summed E-state index contributed by atoms with van der Waals surface area (Å²) in [6.07, 6.45) is 3.75. The Morgan fingerprint density at radius 2 is 2.07 bits per heavy atom. The number of rotatable bonds is 4. The molecule has 0 aliphatic carbocycles. The maximum atomic E-state index is 9.66. The Hall–Kier alpha value is -3.45. The molecule has 0 amide bonds. The predicted octanol–water partition coefficient (Wildman–Crippen LogP) is 3.50. The van der Waals surface area contributed by atoms with Gasteiger partial charge in [0.15, 0.2) is 5.76 Å². The van der Waals surface area contributed by atoms with E-state index in [9.17, 15) is 5.11 Å². The Kier molecular flexibility index (Phi) is 4.37. The van der Waals surface area contributed by atoms with E-state index in [1.807, 2.05) is 36.4 Å². The van der Waals surface area contributed by atoms with Gasteiger partial charge in [-0.25, -0.2) is 9.97 Å². The SMILES string of the molecule is Nc1nccc(-c2ccc3noc(-c4cccc(N5CCCC5CO)c4)c3c2)n1. The van der Waals surface area contributed by atoms with Crippen molar-refractivity contribution in [1.82, 2.24) is 15.1 Å². The van der Waals surface area contributed by atoms with Crippen LogP contribution in [0, 0.1) is 0 Å². The maximum absolute atomic E-state index is 9.66. The van der Waals surface area contributed by atoms with Gasteiger partial charge in [-0.05, 0) is 43.2 Å². The number of fused-ring (bicyclic) bond motifs is 1. The Morgan fingerprint density at radius 1 is 1.14 bits per heavy atom. The molecule has 0 radical (unpaired) electrons. The normalized spacial score (nSPS) is 16.6. The van der Waals surface area contributed by atoms with Gasteiger partial charge in [-0.15, -0.1) is 0 Å². The summed E-state index contributed by atoms with van der Waals surface area (Å²) in [4.78, 5) is 10.5. The first-order chi connectivity index (χ1) is 14.2. The number of aliphatic hydroxyl groups is 1. The summed E-state index contributed by atoms with van der Waals surface area (Å²) in [6, 6.07) is 16.1. The fourth-order valence-electron chi connectivity index (χ4n) is 4.03. The van der Waals surface area contributed by atoms with E-state index in [0.717, 1.165) is 52.8 Å². The van der Waals surface area contributed by atoms with E-state index in [0.29, 0.717) is 5.76 Å². The van der Waals surface area contributed by atoms with E-state index in [1.54, 1.807) is 6.20 Å². The van der Waals surface area contributed by atoms with Crippen molar-refractivity contribution in [2.45, 2.75) is 18.9 Å². The summed E-state index contributed by atoms with van der Waals surface area (Å²) in [6.45, 7) is 1.12. The number of nitrogens with zero attached hydrogens (tertiary/aromatic N) is 4. The first-order valence-electron chi connectivity index (χ1n) is 9.69. The van der Waals surface area contributed by atoms with Crippen molar-refractivity contribution in [3.63, 3.8) is 0 Å². The third-order valence-electron chi connectivity index (χ3n) is 5.47. The van der Waals surface area contributed by atoms with E-state index in [-0.39, 0.29) is 18.6 Å². The van der Waals surface area contributed by atoms with E-state index in [2.05, 4.69) is 32.2 Å². The summed E-state index contributed by atoms with van der Waals surface area (Å²) in [7, 11) is 0. The lowest BCUT2D eigenvalue weighted by atomic mass is 10.0. The fraction of sp³-hybridized carbons (Fsp3) is 0.227. The van der Waals surface area contributed by atoms with E-state index < -0.39 is 0 Å². The fourth-order valence-corrected chi connectivity index (χ4v) is 4.03. The molecule has 1 atom stereocenters. The second kappa shape index (κ2) is 7.18. The molecule has 2 aromatic heterocycles. The zero-order chi connectivity index (χ0) is 19.8. The molecule has 1 saturated heterocycles. The van der Waals surface area contributed by atoms with Crippen LogP contribution in [0.25, 0.3) is 33.5 Å². The van der Waals surface area contributed by atoms with Crippen LogP contribution in [0.1, 0.15) is 12.8 Å². The Balaban J connectivity index is 1.57. The highest BCUT2D eigenvalue weighted by Gasteiger charge is 2.24. The summed E-state index contributed by atoms with van der Waals surface area (Å²) in [5.41, 5.74) is 10.2. The van der Waals surface area contributed by atoms with Crippen LogP contribution >= 0.6 is 0 Å². The first kappa shape index (κ1) is 17.6. The van der Waals surface area contributed by atoms with Gasteiger partial charge in [-0.1, -0.05) is 23.4 Å². The number of benzene rings is 2. The van der Waals surface area contributed by atoms with Crippen molar-refractivity contribution in [3.05, 3.63) is 54.7 Å². The number of hydrogen-bond acceptors (Lipinski definition) is 7. The molecule has 1 aliphatic heterocycles. The molecule has 7 nitrogen and oxygen atoms in total. The number of nitrogens with two attached hydrogens (primary N) is 1. The second-order valence-electron chi connectivity index (χ2n) is 7.27. The lowest BCUT2D eigenvalue weighted by Crippen LogP contribution is -2.31.